The zero-order chi connectivity index (χ0) is 24.1. The molecule has 182 valence electrons. The predicted molar refractivity (Wildman–Crippen MR) is 141 cm³/mol. The first kappa shape index (κ1) is 23.5. The molecule has 5 rings (SSSR count). The van der Waals surface area contributed by atoms with Gasteiger partial charge in [0.05, 0.1) is 4.90 Å². The number of para-hydroxylation sites is 1. The zero-order valence-electron chi connectivity index (χ0n) is 19.8. The molecule has 1 aliphatic heterocycles. The molecule has 0 saturated carbocycles. The van der Waals surface area contributed by atoms with Gasteiger partial charge in [-0.1, -0.05) is 24.6 Å². The van der Waals surface area contributed by atoms with Crippen LogP contribution in [0.2, 0.25) is 0 Å². The summed E-state index contributed by atoms with van der Waals surface area (Å²) in [5.74, 6) is 1.28. The second-order valence-electron chi connectivity index (χ2n) is 9.03. The van der Waals surface area contributed by atoms with E-state index in [0.717, 1.165) is 30.4 Å². The summed E-state index contributed by atoms with van der Waals surface area (Å²) in [4.78, 5) is 2.75. The third kappa shape index (κ3) is 5.86. The minimum Gasteiger partial charge on any atom is -0.457 e. The standard InChI is InChI=1S/C28H31N3O3S/c32-35(33,27-13-11-26(12-14-27)34-25-8-3-1-4-9-25)29-24-10-15-28-23(22-24)16-21-31(28)20-7-19-30-17-5-2-6-18-30/h1,3-4,8-16,21-22,29H,2,5-7,17-20H2. The molecule has 1 aromatic heterocycles. The van der Waals surface area contributed by atoms with Crippen LogP contribution in [0.25, 0.3) is 10.9 Å². The fraction of sp³-hybridized carbons (Fsp3) is 0.286. The third-order valence-corrected chi connectivity index (χ3v) is 7.86. The Bertz CT molecular complexity index is 1360. The summed E-state index contributed by atoms with van der Waals surface area (Å²) in [6, 6.07) is 23.6. The number of ether oxygens (including phenoxy) is 1. The normalized spacial score (nSPS) is 14.7. The molecule has 0 radical (unpaired) electrons. The number of sulfonamides is 1. The van der Waals surface area contributed by atoms with E-state index in [0.29, 0.717) is 17.2 Å². The van der Waals surface area contributed by atoms with Gasteiger partial charge in [-0.2, -0.15) is 0 Å². The monoisotopic (exact) mass is 489 g/mol. The number of hydrogen-bond donors (Lipinski definition) is 1. The average molecular weight is 490 g/mol. The molecule has 35 heavy (non-hydrogen) atoms. The second-order valence-corrected chi connectivity index (χ2v) is 10.7. The fourth-order valence-corrected chi connectivity index (χ4v) is 5.68. The van der Waals surface area contributed by atoms with Crippen molar-refractivity contribution >= 4 is 26.6 Å². The lowest BCUT2D eigenvalue weighted by Gasteiger charge is -2.26. The Kier molecular flexibility index (Phi) is 7.06. The van der Waals surface area contributed by atoms with Gasteiger partial charge in [-0.3, -0.25) is 4.72 Å². The summed E-state index contributed by atoms with van der Waals surface area (Å²) < 4.78 is 36.6. The van der Waals surface area contributed by atoms with E-state index in [-0.39, 0.29) is 4.90 Å². The summed E-state index contributed by atoms with van der Waals surface area (Å²) >= 11 is 0. The molecule has 3 aromatic carbocycles. The Morgan fingerprint density at radius 2 is 1.54 bits per heavy atom. The highest BCUT2D eigenvalue weighted by atomic mass is 32.2. The number of aromatic nitrogens is 1. The second kappa shape index (κ2) is 10.5. The molecule has 4 aromatic rings. The molecule has 2 heterocycles. The van der Waals surface area contributed by atoms with E-state index in [1.165, 1.54) is 32.4 Å². The van der Waals surface area contributed by atoms with Gasteiger partial charge < -0.3 is 14.2 Å². The first-order chi connectivity index (χ1) is 17.1. The maximum Gasteiger partial charge on any atom is 0.261 e. The molecule has 0 bridgehead atoms. The van der Waals surface area contributed by atoms with Crippen LogP contribution in [0.1, 0.15) is 25.7 Å². The quantitative estimate of drug-likeness (QED) is 0.308. The largest absolute Gasteiger partial charge is 0.457 e. The molecule has 0 aliphatic carbocycles. The first-order valence-electron chi connectivity index (χ1n) is 12.2. The number of hydrogen-bond acceptors (Lipinski definition) is 4. The van der Waals surface area contributed by atoms with Crippen LogP contribution in [0.15, 0.2) is 90.0 Å². The molecule has 0 amide bonds. The molecule has 7 heteroatoms. The van der Waals surface area contributed by atoms with Gasteiger partial charge in [0, 0.05) is 29.3 Å². The maximum absolute atomic E-state index is 12.9. The number of fused-ring (bicyclic) bond motifs is 1. The lowest BCUT2D eigenvalue weighted by Crippen LogP contribution is -2.31. The van der Waals surface area contributed by atoms with Crippen molar-refractivity contribution in [1.82, 2.24) is 9.47 Å². The first-order valence-corrected chi connectivity index (χ1v) is 13.7. The van der Waals surface area contributed by atoms with Gasteiger partial charge in [-0.05, 0) is 99.6 Å². The molecule has 0 spiro atoms. The van der Waals surface area contributed by atoms with E-state index in [2.05, 4.69) is 20.4 Å². The van der Waals surface area contributed by atoms with Crippen LogP contribution in [-0.2, 0) is 16.6 Å². The van der Waals surface area contributed by atoms with Gasteiger partial charge in [-0.25, -0.2) is 8.42 Å². The van der Waals surface area contributed by atoms with Crippen molar-refractivity contribution in [3.8, 4) is 11.5 Å². The third-order valence-electron chi connectivity index (χ3n) is 6.46. The van der Waals surface area contributed by atoms with E-state index in [1.807, 2.05) is 54.6 Å². The van der Waals surface area contributed by atoms with Crippen molar-refractivity contribution < 1.29 is 13.2 Å². The van der Waals surface area contributed by atoms with E-state index in [9.17, 15) is 8.42 Å². The lowest BCUT2D eigenvalue weighted by atomic mass is 10.1. The predicted octanol–water partition coefficient (Wildman–Crippen LogP) is 6.11. The Morgan fingerprint density at radius 3 is 2.31 bits per heavy atom. The summed E-state index contributed by atoms with van der Waals surface area (Å²) in [6.07, 6.45) is 7.19. The zero-order valence-corrected chi connectivity index (χ0v) is 20.6. The molecule has 1 fully saturated rings. The molecule has 0 unspecified atom stereocenters. The van der Waals surface area contributed by atoms with Crippen LogP contribution in [0.4, 0.5) is 5.69 Å². The van der Waals surface area contributed by atoms with Crippen LogP contribution in [0.5, 0.6) is 11.5 Å². The fourth-order valence-electron chi connectivity index (χ4n) is 4.63. The summed E-state index contributed by atoms with van der Waals surface area (Å²) in [6.45, 7) is 4.53. The van der Waals surface area contributed by atoms with Gasteiger partial charge in [0.1, 0.15) is 11.5 Å². The number of anilines is 1. The molecule has 0 atom stereocenters. The maximum atomic E-state index is 12.9. The number of rotatable bonds is 9. The minimum absolute atomic E-state index is 0.188. The molecule has 1 saturated heterocycles. The van der Waals surface area contributed by atoms with E-state index >= 15 is 0 Å². The summed E-state index contributed by atoms with van der Waals surface area (Å²) in [7, 11) is -3.71. The number of benzene rings is 3. The molecule has 1 N–H and O–H groups in total. The van der Waals surface area contributed by atoms with Gasteiger partial charge >= 0.3 is 0 Å². The van der Waals surface area contributed by atoms with Gasteiger partial charge in [-0.15, -0.1) is 0 Å². The van der Waals surface area contributed by atoms with Crippen molar-refractivity contribution in [1.29, 1.82) is 0 Å². The van der Waals surface area contributed by atoms with Crippen LogP contribution in [-0.4, -0.2) is 37.5 Å². The Morgan fingerprint density at radius 1 is 0.800 bits per heavy atom. The smallest absolute Gasteiger partial charge is 0.261 e. The van der Waals surface area contributed by atoms with Gasteiger partial charge in [0.25, 0.3) is 10.0 Å². The Balaban J connectivity index is 1.22. The minimum atomic E-state index is -3.71. The van der Waals surface area contributed by atoms with Crippen molar-refractivity contribution in [2.75, 3.05) is 24.4 Å². The Hall–Kier alpha value is -3.29. The van der Waals surface area contributed by atoms with Crippen LogP contribution in [0.3, 0.4) is 0 Å². The Labute approximate surface area is 207 Å². The lowest BCUT2D eigenvalue weighted by molar-refractivity contribution is 0.223. The van der Waals surface area contributed by atoms with Gasteiger partial charge in [0.15, 0.2) is 0 Å². The topological polar surface area (TPSA) is 63.6 Å². The van der Waals surface area contributed by atoms with E-state index < -0.39 is 10.0 Å². The van der Waals surface area contributed by atoms with Crippen LogP contribution < -0.4 is 9.46 Å². The highest BCUT2D eigenvalue weighted by Gasteiger charge is 2.15. The number of nitrogens with zero attached hydrogens (tertiary/aromatic N) is 2. The van der Waals surface area contributed by atoms with Gasteiger partial charge in [0.2, 0.25) is 0 Å². The highest BCUT2D eigenvalue weighted by Crippen LogP contribution is 2.26. The van der Waals surface area contributed by atoms with Crippen molar-refractivity contribution in [3.63, 3.8) is 0 Å². The van der Waals surface area contributed by atoms with Crippen molar-refractivity contribution in [2.45, 2.75) is 37.1 Å². The molecule has 6 nitrogen and oxygen atoms in total. The number of nitrogens with one attached hydrogen (secondary N) is 1. The number of likely N-dealkylation sites (tertiary alicyclic amines) is 1. The average Bonchev–Trinajstić information content (AvgIpc) is 3.27. The molecular weight excluding hydrogens is 458 g/mol. The van der Waals surface area contributed by atoms with Crippen LogP contribution >= 0.6 is 0 Å². The SMILES string of the molecule is O=S(=O)(Nc1ccc2c(ccn2CCCN2CCCCC2)c1)c1ccc(Oc2ccccc2)cc1. The number of piperidine rings is 1. The number of aryl methyl sites for hydroxylation is 1. The summed E-state index contributed by atoms with van der Waals surface area (Å²) in [5.41, 5.74) is 1.67. The highest BCUT2D eigenvalue weighted by molar-refractivity contribution is 7.92. The van der Waals surface area contributed by atoms with Crippen molar-refractivity contribution in [2.24, 2.45) is 0 Å². The van der Waals surface area contributed by atoms with E-state index in [4.69, 9.17) is 4.74 Å². The van der Waals surface area contributed by atoms with Crippen LogP contribution in [0, 0.1) is 0 Å². The van der Waals surface area contributed by atoms with E-state index in [1.54, 1.807) is 24.3 Å². The summed E-state index contributed by atoms with van der Waals surface area (Å²) in [5, 5.41) is 1.02. The molecule has 1 aliphatic rings. The van der Waals surface area contributed by atoms with Crippen molar-refractivity contribution in [3.05, 3.63) is 85.1 Å². The molecular formula is C28H31N3O3S.